The number of carbonyl (C=O) groups is 2. The van der Waals surface area contributed by atoms with Gasteiger partial charge in [-0.2, -0.15) is 0 Å². The Balaban J connectivity index is 1.80. The van der Waals surface area contributed by atoms with Crippen molar-refractivity contribution in [2.45, 2.75) is 39.4 Å². The molecule has 0 bridgehead atoms. The summed E-state index contributed by atoms with van der Waals surface area (Å²) in [5.41, 5.74) is 3.42. The molecule has 0 spiro atoms. The fourth-order valence-electron chi connectivity index (χ4n) is 3.25. The molecular formula is C20H21ClN4O2S. The Hall–Kier alpha value is -2.38. The molecule has 2 aromatic heterocycles. The number of benzene rings is 1. The van der Waals surface area contributed by atoms with E-state index < -0.39 is 0 Å². The minimum absolute atomic E-state index is 0.0451. The SMILES string of the molecule is CCn1c(SCC(=O)c2[nH]c(C)c(C(C)=O)c2C)nnc1-c1ccc(Cl)cc1. The van der Waals surface area contributed by atoms with Crippen molar-refractivity contribution in [2.24, 2.45) is 0 Å². The molecule has 8 heteroatoms. The zero-order valence-corrected chi connectivity index (χ0v) is 17.7. The molecule has 1 N–H and O–H groups in total. The van der Waals surface area contributed by atoms with Crippen molar-refractivity contribution in [1.29, 1.82) is 0 Å². The van der Waals surface area contributed by atoms with Crippen LogP contribution in [0.2, 0.25) is 5.02 Å². The first-order chi connectivity index (χ1) is 13.3. The van der Waals surface area contributed by atoms with Gasteiger partial charge in [0.05, 0.1) is 11.4 Å². The van der Waals surface area contributed by atoms with Crippen LogP contribution in [-0.2, 0) is 6.54 Å². The van der Waals surface area contributed by atoms with E-state index in [0.29, 0.717) is 33.5 Å². The third-order valence-electron chi connectivity index (χ3n) is 4.54. The third kappa shape index (κ3) is 3.91. The molecule has 3 rings (SSSR count). The minimum Gasteiger partial charge on any atom is -0.355 e. The number of nitrogens with zero attached hydrogens (tertiary/aromatic N) is 3. The highest BCUT2D eigenvalue weighted by Gasteiger charge is 2.21. The summed E-state index contributed by atoms with van der Waals surface area (Å²) in [5.74, 6) is 0.824. The molecule has 6 nitrogen and oxygen atoms in total. The number of aromatic amines is 1. The smallest absolute Gasteiger partial charge is 0.191 e. The van der Waals surface area contributed by atoms with Gasteiger partial charge in [0.2, 0.25) is 0 Å². The van der Waals surface area contributed by atoms with E-state index in [1.807, 2.05) is 35.8 Å². The number of ketones is 2. The van der Waals surface area contributed by atoms with Crippen LogP contribution in [-0.4, -0.2) is 37.1 Å². The molecule has 0 aliphatic heterocycles. The monoisotopic (exact) mass is 416 g/mol. The molecule has 1 aromatic carbocycles. The van der Waals surface area contributed by atoms with Gasteiger partial charge in [-0.25, -0.2) is 0 Å². The van der Waals surface area contributed by atoms with E-state index in [-0.39, 0.29) is 17.3 Å². The maximum absolute atomic E-state index is 12.7. The van der Waals surface area contributed by atoms with Crippen molar-refractivity contribution >= 4 is 34.9 Å². The Morgan fingerprint density at radius 1 is 1.18 bits per heavy atom. The maximum Gasteiger partial charge on any atom is 0.191 e. The highest BCUT2D eigenvalue weighted by atomic mass is 35.5. The van der Waals surface area contributed by atoms with Gasteiger partial charge in [-0.05, 0) is 57.5 Å². The van der Waals surface area contributed by atoms with Gasteiger partial charge >= 0.3 is 0 Å². The van der Waals surface area contributed by atoms with Gasteiger partial charge in [-0.3, -0.25) is 9.59 Å². The molecule has 0 unspecified atom stereocenters. The van der Waals surface area contributed by atoms with Gasteiger partial charge < -0.3 is 9.55 Å². The van der Waals surface area contributed by atoms with Gasteiger partial charge in [-0.15, -0.1) is 10.2 Å². The Morgan fingerprint density at radius 2 is 1.86 bits per heavy atom. The first-order valence-electron chi connectivity index (χ1n) is 8.88. The number of nitrogens with one attached hydrogen (secondary N) is 1. The normalized spacial score (nSPS) is 11.0. The van der Waals surface area contributed by atoms with E-state index in [9.17, 15) is 9.59 Å². The number of aryl methyl sites for hydroxylation is 1. The molecule has 0 saturated carbocycles. The highest BCUT2D eigenvalue weighted by Crippen LogP contribution is 2.26. The van der Waals surface area contributed by atoms with Gasteiger partial charge in [0.25, 0.3) is 0 Å². The summed E-state index contributed by atoms with van der Waals surface area (Å²) in [5, 5.41) is 9.87. The number of hydrogen-bond donors (Lipinski definition) is 1. The Bertz CT molecular complexity index is 1040. The van der Waals surface area contributed by atoms with Crippen molar-refractivity contribution < 1.29 is 9.59 Å². The van der Waals surface area contributed by atoms with Crippen molar-refractivity contribution in [1.82, 2.24) is 19.7 Å². The van der Waals surface area contributed by atoms with Crippen LogP contribution in [0.25, 0.3) is 11.4 Å². The second-order valence-corrected chi connectivity index (χ2v) is 7.83. The number of thioether (sulfide) groups is 1. The molecule has 3 aromatic rings. The summed E-state index contributed by atoms with van der Waals surface area (Å²) in [6.45, 7) is 7.79. The van der Waals surface area contributed by atoms with Crippen LogP contribution in [0, 0.1) is 13.8 Å². The zero-order chi connectivity index (χ0) is 20.4. The molecule has 0 amide bonds. The number of aromatic nitrogens is 4. The van der Waals surface area contributed by atoms with E-state index in [4.69, 9.17) is 11.6 Å². The largest absolute Gasteiger partial charge is 0.355 e. The average Bonchev–Trinajstić information content (AvgIpc) is 3.20. The van der Waals surface area contributed by atoms with Crippen LogP contribution in [0.3, 0.4) is 0 Å². The molecule has 28 heavy (non-hydrogen) atoms. The molecule has 0 radical (unpaired) electrons. The van der Waals surface area contributed by atoms with E-state index in [0.717, 1.165) is 17.1 Å². The predicted molar refractivity (Wildman–Crippen MR) is 111 cm³/mol. The van der Waals surface area contributed by atoms with Crippen molar-refractivity contribution in [3.63, 3.8) is 0 Å². The lowest BCUT2D eigenvalue weighted by Crippen LogP contribution is -2.07. The van der Waals surface area contributed by atoms with Crippen LogP contribution in [0.4, 0.5) is 0 Å². The quantitative estimate of drug-likeness (QED) is 0.444. The third-order valence-corrected chi connectivity index (χ3v) is 5.75. The van der Waals surface area contributed by atoms with Crippen LogP contribution in [0.5, 0.6) is 0 Å². The highest BCUT2D eigenvalue weighted by molar-refractivity contribution is 7.99. The van der Waals surface area contributed by atoms with E-state index in [2.05, 4.69) is 15.2 Å². The van der Waals surface area contributed by atoms with Gasteiger partial charge in [0.15, 0.2) is 22.5 Å². The minimum atomic E-state index is -0.0724. The number of hydrogen-bond acceptors (Lipinski definition) is 5. The molecule has 0 atom stereocenters. The maximum atomic E-state index is 12.7. The lowest BCUT2D eigenvalue weighted by molar-refractivity contribution is 0.101. The summed E-state index contributed by atoms with van der Waals surface area (Å²) < 4.78 is 1.97. The van der Waals surface area contributed by atoms with Crippen LogP contribution in [0.15, 0.2) is 29.4 Å². The molecular weight excluding hydrogens is 396 g/mol. The van der Waals surface area contributed by atoms with Crippen molar-refractivity contribution in [3.05, 3.63) is 51.8 Å². The first kappa shape index (κ1) is 20.4. The van der Waals surface area contributed by atoms with Gasteiger partial charge in [0.1, 0.15) is 0 Å². The molecule has 2 heterocycles. The molecule has 0 fully saturated rings. The molecule has 0 aliphatic carbocycles. The fraction of sp³-hybridized carbons (Fsp3) is 0.300. The van der Waals surface area contributed by atoms with Crippen LogP contribution in [0.1, 0.15) is 46.0 Å². The second-order valence-electron chi connectivity index (χ2n) is 6.45. The van der Waals surface area contributed by atoms with Crippen molar-refractivity contribution in [3.8, 4) is 11.4 Å². The summed E-state index contributed by atoms with van der Waals surface area (Å²) in [6.07, 6.45) is 0. The zero-order valence-electron chi connectivity index (χ0n) is 16.2. The summed E-state index contributed by atoms with van der Waals surface area (Å²) in [7, 11) is 0. The number of carbonyl (C=O) groups excluding carboxylic acids is 2. The van der Waals surface area contributed by atoms with Crippen LogP contribution >= 0.6 is 23.4 Å². The molecule has 0 saturated heterocycles. The van der Waals surface area contributed by atoms with Gasteiger partial charge in [0, 0.05) is 28.4 Å². The van der Waals surface area contributed by atoms with Gasteiger partial charge in [-0.1, -0.05) is 23.4 Å². The molecule has 146 valence electrons. The molecule has 0 aliphatic rings. The standard InChI is InChI=1S/C20H21ClN4O2S/c1-5-25-19(14-6-8-15(21)9-7-14)23-24-20(25)28-10-16(27)18-11(2)17(13(4)26)12(3)22-18/h6-9,22H,5,10H2,1-4H3. The second kappa shape index (κ2) is 8.32. The lowest BCUT2D eigenvalue weighted by Gasteiger charge is -2.07. The van der Waals surface area contributed by atoms with Crippen molar-refractivity contribution in [2.75, 3.05) is 5.75 Å². The lowest BCUT2D eigenvalue weighted by atomic mass is 10.1. The van der Waals surface area contributed by atoms with Crippen LogP contribution < -0.4 is 0 Å². The Labute approximate surface area is 172 Å². The Kier molecular flexibility index (Phi) is 6.05. The summed E-state index contributed by atoms with van der Waals surface area (Å²) in [4.78, 5) is 27.5. The topological polar surface area (TPSA) is 80.6 Å². The van der Waals surface area contributed by atoms with E-state index in [1.54, 1.807) is 13.8 Å². The number of halogens is 1. The number of Topliss-reactive ketones (excluding diaryl/α,β-unsaturated/α-hetero) is 2. The number of rotatable bonds is 7. The summed E-state index contributed by atoms with van der Waals surface area (Å²) in [6, 6.07) is 7.41. The first-order valence-corrected chi connectivity index (χ1v) is 10.2. The predicted octanol–water partition coefficient (Wildman–Crippen LogP) is 4.74. The fourth-order valence-corrected chi connectivity index (χ4v) is 4.25. The summed E-state index contributed by atoms with van der Waals surface area (Å²) >= 11 is 7.29. The average molecular weight is 417 g/mol. The van der Waals surface area contributed by atoms with E-state index in [1.165, 1.54) is 18.7 Å². The van der Waals surface area contributed by atoms with E-state index >= 15 is 0 Å². The Morgan fingerprint density at radius 3 is 2.43 bits per heavy atom. The number of H-pyrrole nitrogens is 1.